The number of hydrogen-bond donors (Lipinski definition) is 1. The van der Waals surface area contributed by atoms with Crippen LogP contribution in [-0.4, -0.2) is 46.3 Å². The Balaban J connectivity index is 0.00000196. The molecule has 26 heavy (non-hydrogen) atoms. The van der Waals surface area contributed by atoms with Crippen LogP contribution in [0.25, 0.3) is 15.9 Å². The van der Waals surface area contributed by atoms with Crippen LogP contribution in [0.3, 0.4) is 0 Å². The predicted molar refractivity (Wildman–Crippen MR) is 109 cm³/mol. The topological polar surface area (TPSA) is 50.2 Å². The molecule has 1 atom stereocenters. The summed E-state index contributed by atoms with van der Waals surface area (Å²) in [6.07, 6.45) is 0. The Hall–Kier alpha value is -1.60. The zero-order valence-electron chi connectivity index (χ0n) is 14.5. The predicted octanol–water partition coefficient (Wildman–Crippen LogP) is 3.90. The van der Waals surface area contributed by atoms with Crippen LogP contribution in [0.4, 0.5) is 0 Å². The van der Waals surface area contributed by atoms with E-state index >= 15 is 0 Å². The summed E-state index contributed by atoms with van der Waals surface area (Å²) in [6.45, 7) is 6.49. The fourth-order valence-corrected chi connectivity index (χ4v) is 4.46. The number of carbonyl (C=O) groups is 1. The molecule has 0 spiro atoms. The lowest BCUT2D eigenvalue weighted by molar-refractivity contribution is 0.0661. The molecule has 1 aromatic carbocycles. The first-order chi connectivity index (χ1) is 12.0. The third kappa shape index (κ3) is 3.34. The minimum atomic E-state index is 0. The van der Waals surface area contributed by atoms with Crippen molar-refractivity contribution in [1.29, 1.82) is 0 Å². The number of nitrogens with zero attached hydrogens (tertiary/aromatic N) is 3. The number of hydrogen-bond acceptors (Lipinski definition) is 4. The molecular weight excluding hydrogens is 391 g/mol. The summed E-state index contributed by atoms with van der Waals surface area (Å²) in [6, 6.07) is 9.76. The normalized spacial score (nSPS) is 17.3. The van der Waals surface area contributed by atoms with E-state index in [4.69, 9.17) is 11.6 Å². The molecule has 1 unspecified atom stereocenters. The number of carbonyl (C=O) groups excluding carboxylic acids is 1. The molecule has 0 radical (unpaired) electrons. The molecule has 1 N–H and O–H groups in total. The zero-order chi connectivity index (χ0) is 17.6. The van der Waals surface area contributed by atoms with Crippen LogP contribution in [-0.2, 0) is 0 Å². The van der Waals surface area contributed by atoms with Crippen molar-refractivity contribution in [2.24, 2.45) is 0 Å². The number of halogens is 2. The summed E-state index contributed by atoms with van der Waals surface area (Å²) < 4.78 is 1.89. The highest BCUT2D eigenvalue weighted by atomic mass is 35.5. The van der Waals surface area contributed by atoms with Crippen LogP contribution < -0.4 is 5.32 Å². The van der Waals surface area contributed by atoms with Gasteiger partial charge < -0.3 is 10.2 Å². The van der Waals surface area contributed by atoms with Gasteiger partial charge in [-0.3, -0.25) is 4.79 Å². The van der Waals surface area contributed by atoms with E-state index < -0.39 is 0 Å². The van der Waals surface area contributed by atoms with E-state index in [2.05, 4.69) is 17.3 Å². The van der Waals surface area contributed by atoms with Crippen molar-refractivity contribution in [3.05, 3.63) is 45.9 Å². The van der Waals surface area contributed by atoms with Gasteiger partial charge in [0.05, 0.1) is 16.3 Å². The molecule has 5 nitrogen and oxygen atoms in total. The van der Waals surface area contributed by atoms with Gasteiger partial charge in [0, 0.05) is 36.1 Å². The summed E-state index contributed by atoms with van der Waals surface area (Å²) in [5, 5.41) is 9.67. The van der Waals surface area contributed by atoms with E-state index in [9.17, 15) is 4.79 Å². The van der Waals surface area contributed by atoms with Gasteiger partial charge in [-0.1, -0.05) is 11.6 Å². The molecule has 0 saturated carbocycles. The van der Waals surface area contributed by atoms with Crippen molar-refractivity contribution >= 4 is 51.5 Å². The average molecular weight is 411 g/mol. The van der Waals surface area contributed by atoms with Crippen molar-refractivity contribution in [3.63, 3.8) is 0 Å². The second-order valence-corrected chi connectivity index (χ2v) is 7.82. The molecule has 8 heteroatoms. The third-order valence-corrected chi connectivity index (χ3v) is 5.94. The lowest BCUT2D eigenvalue weighted by Crippen LogP contribution is -2.52. The van der Waals surface area contributed by atoms with Gasteiger partial charge in [0.25, 0.3) is 5.91 Å². The molecule has 1 saturated heterocycles. The van der Waals surface area contributed by atoms with Gasteiger partial charge in [0.15, 0.2) is 0 Å². The Kier molecular flexibility index (Phi) is 5.58. The highest BCUT2D eigenvalue weighted by molar-refractivity contribution is 7.20. The number of fused-ring (bicyclic) bond motifs is 1. The second kappa shape index (κ2) is 7.56. The maximum absolute atomic E-state index is 12.9. The van der Waals surface area contributed by atoms with Crippen LogP contribution in [0, 0.1) is 6.92 Å². The molecule has 2 aromatic heterocycles. The van der Waals surface area contributed by atoms with E-state index in [-0.39, 0.29) is 24.4 Å². The van der Waals surface area contributed by atoms with Crippen molar-refractivity contribution in [1.82, 2.24) is 20.0 Å². The second-order valence-electron chi connectivity index (χ2n) is 6.35. The monoisotopic (exact) mass is 410 g/mol. The first-order valence-corrected chi connectivity index (χ1v) is 9.51. The van der Waals surface area contributed by atoms with Crippen molar-refractivity contribution in [2.45, 2.75) is 19.9 Å². The van der Waals surface area contributed by atoms with E-state index in [1.165, 1.54) is 11.3 Å². The minimum absolute atomic E-state index is 0. The van der Waals surface area contributed by atoms with Crippen molar-refractivity contribution in [2.75, 3.05) is 19.6 Å². The van der Waals surface area contributed by atoms with E-state index in [0.29, 0.717) is 5.02 Å². The Morgan fingerprint density at radius 3 is 2.77 bits per heavy atom. The molecule has 1 aliphatic rings. The van der Waals surface area contributed by atoms with Crippen LogP contribution in [0.1, 0.15) is 22.3 Å². The number of amides is 1. The first-order valence-electron chi connectivity index (χ1n) is 8.31. The number of aromatic nitrogens is 2. The maximum Gasteiger partial charge on any atom is 0.264 e. The quantitative estimate of drug-likeness (QED) is 0.696. The fourth-order valence-electron chi connectivity index (χ4n) is 3.19. The maximum atomic E-state index is 12.9. The molecule has 4 rings (SSSR count). The number of piperazine rings is 1. The lowest BCUT2D eigenvalue weighted by atomic mass is 10.2. The summed E-state index contributed by atoms with van der Waals surface area (Å²) in [7, 11) is 0. The van der Waals surface area contributed by atoms with Gasteiger partial charge in [-0.2, -0.15) is 5.10 Å². The molecule has 3 aromatic rings. The Morgan fingerprint density at radius 1 is 1.35 bits per heavy atom. The molecule has 1 aliphatic heterocycles. The van der Waals surface area contributed by atoms with Crippen LogP contribution in [0.15, 0.2) is 30.3 Å². The fraction of sp³-hybridized carbons (Fsp3) is 0.333. The highest BCUT2D eigenvalue weighted by Crippen LogP contribution is 2.31. The summed E-state index contributed by atoms with van der Waals surface area (Å²) in [5.41, 5.74) is 1.87. The summed E-state index contributed by atoms with van der Waals surface area (Å²) in [4.78, 5) is 16.7. The smallest absolute Gasteiger partial charge is 0.264 e. The average Bonchev–Trinajstić information content (AvgIpc) is 3.17. The standard InChI is InChI=1S/C18H19ClN4OS.ClH/c1-11-10-20-7-8-22(11)17(24)16-9-15-12(2)21-23(18(15)25-16)14-5-3-13(19)4-6-14;/h3-6,9,11,20H,7-8,10H2,1-2H3;1H. The van der Waals surface area contributed by atoms with Crippen LogP contribution in [0.5, 0.6) is 0 Å². The molecule has 0 bridgehead atoms. The number of rotatable bonds is 2. The minimum Gasteiger partial charge on any atom is -0.333 e. The number of nitrogens with one attached hydrogen (secondary N) is 1. The van der Waals surface area contributed by atoms with Gasteiger partial charge >= 0.3 is 0 Å². The Labute approximate surface area is 167 Å². The number of aryl methyl sites for hydroxylation is 1. The summed E-state index contributed by atoms with van der Waals surface area (Å²) >= 11 is 7.49. The number of thiophene rings is 1. The largest absolute Gasteiger partial charge is 0.333 e. The van der Waals surface area contributed by atoms with Gasteiger partial charge in [-0.25, -0.2) is 4.68 Å². The lowest BCUT2D eigenvalue weighted by Gasteiger charge is -2.33. The first kappa shape index (κ1) is 19.2. The summed E-state index contributed by atoms with van der Waals surface area (Å²) in [5.74, 6) is 0.109. The van der Waals surface area contributed by atoms with E-state index in [1.54, 1.807) is 0 Å². The number of benzene rings is 1. The van der Waals surface area contributed by atoms with Crippen molar-refractivity contribution in [3.8, 4) is 5.69 Å². The molecule has 138 valence electrons. The van der Waals surface area contributed by atoms with Gasteiger partial charge in [-0.15, -0.1) is 23.7 Å². The van der Waals surface area contributed by atoms with Gasteiger partial charge in [0.1, 0.15) is 4.83 Å². The highest BCUT2D eigenvalue weighted by Gasteiger charge is 2.26. The molecular formula is C18H20Cl2N4OS. The van der Waals surface area contributed by atoms with Crippen LogP contribution >= 0.6 is 35.3 Å². The Morgan fingerprint density at radius 2 is 2.08 bits per heavy atom. The Bertz CT molecular complexity index is 935. The molecule has 3 heterocycles. The van der Waals surface area contributed by atoms with Crippen molar-refractivity contribution < 1.29 is 4.79 Å². The van der Waals surface area contributed by atoms with Gasteiger partial charge in [-0.05, 0) is 44.2 Å². The molecule has 0 aliphatic carbocycles. The van der Waals surface area contributed by atoms with Crippen LogP contribution in [0.2, 0.25) is 5.02 Å². The van der Waals surface area contributed by atoms with Gasteiger partial charge in [0.2, 0.25) is 0 Å². The SMILES string of the molecule is Cc1nn(-c2ccc(Cl)cc2)c2sc(C(=O)N3CCNCC3C)cc12.Cl. The zero-order valence-corrected chi connectivity index (χ0v) is 16.9. The van der Waals surface area contributed by atoms with E-state index in [0.717, 1.165) is 46.1 Å². The molecule has 1 amide bonds. The van der Waals surface area contributed by atoms with E-state index in [1.807, 2.05) is 46.8 Å². The third-order valence-electron chi connectivity index (χ3n) is 4.59. The molecule has 1 fully saturated rings.